The zero-order chi connectivity index (χ0) is 12.3. The highest BCUT2D eigenvalue weighted by Gasteiger charge is 2.16. The van der Waals surface area contributed by atoms with Gasteiger partial charge in [0.15, 0.2) is 11.6 Å². The molecule has 1 heterocycles. The van der Waals surface area contributed by atoms with Crippen LogP contribution in [0.15, 0.2) is 41.0 Å². The number of halogens is 1. The van der Waals surface area contributed by atoms with Crippen molar-refractivity contribution in [3.8, 4) is 5.75 Å². The van der Waals surface area contributed by atoms with Crippen LogP contribution in [0.5, 0.6) is 5.75 Å². The fourth-order valence-electron chi connectivity index (χ4n) is 1.66. The Kier molecular flexibility index (Phi) is 3.41. The van der Waals surface area contributed by atoms with Gasteiger partial charge in [-0.05, 0) is 29.8 Å². The molecule has 1 aromatic carbocycles. The van der Waals surface area contributed by atoms with Crippen LogP contribution in [0.1, 0.15) is 17.4 Å². The number of benzene rings is 1. The topological polar surface area (TPSA) is 60.4 Å². The van der Waals surface area contributed by atoms with Crippen LogP contribution in [-0.2, 0) is 0 Å². The first-order chi connectivity index (χ1) is 8.26. The summed E-state index contributed by atoms with van der Waals surface area (Å²) in [5.41, 5.74) is 3.25. The molecule has 2 aromatic rings. The maximum absolute atomic E-state index is 13.6. The van der Waals surface area contributed by atoms with Gasteiger partial charge < -0.3 is 9.15 Å². The molecule has 17 heavy (non-hydrogen) atoms. The summed E-state index contributed by atoms with van der Waals surface area (Å²) in [6, 6.07) is 7.79. The van der Waals surface area contributed by atoms with Crippen molar-refractivity contribution in [1.82, 2.24) is 5.43 Å². The van der Waals surface area contributed by atoms with Gasteiger partial charge >= 0.3 is 0 Å². The lowest BCUT2D eigenvalue weighted by Gasteiger charge is -2.14. The average molecular weight is 236 g/mol. The molecule has 0 spiro atoms. The molecule has 0 saturated carbocycles. The Morgan fingerprint density at radius 3 is 2.76 bits per heavy atom. The minimum absolute atomic E-state index is 0.198. The van der Waals surface area contributed by atoms with Crippen LogP contribution in [0.25, 0.3) is 0 Å². The minimum Gasteiger partial charge on any atom is -0.494 e. The summed E-state index contributed by atoms with van der Waals surface area (Å²) in [6.45, 7) is 0. The summed E-state index contributed by atoms with van der Waals surface area (Å²) in [6.07, 6.45) is 1.54. The van der Waals surface area contributed by atoms with Gasteiger partial charge in [0.1, 0.15) is 11.8 Å². The molecule has 0 amide bonds. The minimum atomic E-state index is -0.434. The van der Waals surface area contributed by atoms with Crippen molar-refractivity contribution in [2.45, 2.75) is 6.04 Å². The molecule has 1 aromatic heterocycles. The maximum Gasteiger partial charge on any atom is 0.165 e. The Balaban J connectivity index is 2.35. The monoisotopic (exact) mass is 236 g/mol. The number of nitrogens with two attached hydrogens (primary N) is 1. The van der Waals surface area contributed by atoms with E-state index in [1.807, 2.05) is 0 Å². The van der Waals surface area contributed by atoms with Crippen molar-refractivity contribution in [1.29, 1.82) is 0 Å². The van der Waals surface area contributed by atoms with E-state index in [4.69, 9.17) is 15.0 Å². The molecule has 1 atom stereocenters. The van der Waals surface area contributed by atoms with Gasteiger partial charge in [0.25, 0.3) is 0 Å². The second-order valence-corrected chi connectivity index (χ2v) is 3.51. The molecule has 4 nitrogen and oxygen atoms in total. The van der Waals surface area contributed by atoms with E-state index < -0.39 is 5.82 Å². The van der Waals surface area contributed by atoms with E-state index in [-0.39, 0.29) is 11.8 Å². The van der Waals surface area contributed by atoms with Gasteiger partial charge in [-0.1, -0.05) is 6.07 Å². The summed E-state index contributed by atoms with van der Waals surface area (Å²) in [5.74, 6) is 5.84. The average Bonchev–Trinajstić information content (AvgIpc) is 2.84. The Labute approximate surface area is 98.2 Å². The number of nitrogens with one attached hydrogen (secondary N) is 1. The quantitative estimate of drug-likeness (QED) is 0.629. The Hall–Kier alpha value is -1.85. The first-order valence-corrected chi connectivity index (χ1v) is 5.09. The molecule has 90 valence electrons. The van der Waals surface area contributed by atoms with Crippen LogP contribution in [0.2, 0.25) is 0 Å². The Morgan fingerprint density at radius 2 is 2.24 bits per heavy atom. The van der Waals surface area contributed by atoms with Gasteiger partial charge in [-0.3, -0.25) is 5.84 Å². The smallest absolute Gasteiger partial charge is 0.165 e. The van der Waals surface area contributed by atoms with Crippen LogP contribution in [-0.4, -0.2) is 7.11 Å². The number of furan rings is 1. The number of methoxy groups -OCH3 is 1. The van der Waals surface area contributed by atoms with Crippen LogP contribution in [0, 0.1) is 5.82 Å². The van der Waals surface area contributed by atoms with Crippen molar-refractivity contribution < 1.29 is 13.5 Å². The largest absolute Gasteiger partial charge is 0.494 e. The zero-order valence-electron chi connectivity index (χ0n) is 9.31. The van der Waals surface area contributed by atoms with E-state index in [0.717, 1.165) is 0 Å². The number of hydrogen-bond donors (Lipinski definition) is 2. The molecule has 0 aliphatic heterocycles. The van der Waals surface area contributed by atoms with E-state index >= 15 is 0 Å². The molecule has 0 aliphatic carbocycles. The summed E-state index contributed by atoms with van der Waals surface area (Å²) in [5, 5.41) is 0. The lowest BCUT2D eigenvalue weighted by Crippen LogP contribution is -2.28. The molecule has 0 bridgehead atoms. The van der Waals surface area contributed by atoms with Gasteiger partial charge in [0.2, 0.25) is 0 Å². The normalized spacial score (nSPS) is 12.4. The van der Waals surface area contributed by atoms with Crippen molar-refractivity contribution in [3.05, 3.63) is 53.7 Å². The van der Waals surface area contributed by atoms with Gasteiger partial charge in [0.05, 0.1) is 13.4 Å². The fourth-order valence-corrected chi connectivity index (χ4v) is 1.66. The van der Waals surface area contributed by atoms with E-state index in [1.165, 1.54) is 13.2 Å². The van der Waals surface area contributed by atoms with Crippen LogP contribution in [0.4, 0.5) is 4.39 Å². The third kappa shape index (κ3) is 2.30. The van der Waals surface area contributed by atoms with E-state index in [0.29, 0.717) is 11.3 Å². The van der Waals surface area contributed by atoms with E-state index in [9.17, 15) is 4.39 Å². The predicted octanol–water partition coefficient (Wildman–Crippen LogP) is 1.98. The molecule has 0 fully saturated rings. The molecule has 3 N–H and O–H groups in total. The summed E-state index contributed by atoms with van der Waals surface area (Å²) >= 11 is 0. The second-order valence-electron chi connectivity index (χ2n) is 3.51. The van der Waals surface area contributed by atoms with Gasteiger partial charge in [-0.25, -0.2) is 9.82 Å². The number of hydrogen-bond acceptors (Lipinski definition) is 4. The number of ether oxygens (including phenoxy) is 1. The SMILES string of the molecule is COc1ccc(C(NN)c2ccco2)cc1F. The summed E-state index contributed by atoms with van der Waals surface area (Å²) < 4.78 is 23.7. The predicted molar refractivity (Wildman–Crippen MR) is 60.8 cm³/mol. The molecule has 0 saturated heterocycles. The van der Waals surface area contributed by atoms with Crippen molar-refractivity contribution in [2.75, 3.05) is 7.11 Å². The molecule has 0 aliphatic rings. The lowest BCUT2D eigenvalue weighted by molar-refractivity contribution is 0.385. The van der Waals surface area contributed by atoms with Gasteiger partial charge in [-0.2, -0.15) is 0 Å². The summed E-state index contributed by atoms with van der Waals surface area (Å²) in [4.78, 5) is 0. The number of rotatable bonds is 4. The van der Waals surface area contributed by atoms with Crippen molar-refractivity contribution in [3.63, 3.8) is 0 Å². The summed E-state index contributed by atoms with van der Waals surface area (Å²) in [7, 11) is 1.42. The first-order valence-electron chi connectivity index (χ1n) is 5.09. The van der Waals surface area contributed by atoms with Crippen LogP contribution < -0.4 is 16.0 Å². The van der Waals surface area contributed by atoms with Crippen molar-refractivity contribution >= 4 is 0 Å². The molecule has 5 heteroatoms. The third-order valence-corrected chi connectivity index (χ3v) is 2.50. The highest BCUT2D eigenvalue weighted by Crippen LogP contribution is 2.25. The molecular formula is C12H13FN2O2. The second kappa shape index (κ2) is 4.99. The van der Waals surface area contributed by atoms with E-state index in [1.54, 1.807) is 30.5 Å². The molecule has 0 radical (unpaired) electrons. The molecule has 1 unspecified atom stereocenters. The fraction of sp³-hybridized carbons (Fsp3) is 0.167. The molecule has 2 rings (SSSR count). The highest BCUT2D eigenvalue weighted by molar-refractivity contribution is 5.33. The van der Waals surface area contributed by atoms with Gasteiger partial charge in [-0.15, -0.1) is 0 Å². The standard InChI is InChI=1S/C12H13FN2O2/c1-16-10-5-4-8(7-9(10)13)12(15-14)11-3-2-6-17-11/h2-7,12,15H,14H2,1H3. The Morgan fingerprint density at radius 1 is 1.41 bits per heavy atom. The third-order valence-electron chi connectivity index (χ3n) is 2.50. The highest BCUT2D eigenvalue weighted by atomic mass is 19.1. The number of hydrazine groups is 1. The lowest BCUT2D eigenvalue weighted by atomic mass is 10.0. The first kappa shape index (κ1) is 11.6. The van der Waals surface area contributed by atoms with E-state index in [2.05, 4.69) is 5.43 Å². The van der Waals surface area contributed by atoms with Crippen molar-refractivity contribution in [2.24, 2.45) is 5.84 Å². The maximum atomic E-state index is 13.6. The van der Waals surface area contributed by atoms with Gasteiger partial charge in [0, 0.05) is 0 Å². The molecular weight excluding hydrogens is 223 g/mol. The zero-order valence-corrected chi connectivity index (χ0v) is 9.31. The van der Waals surface area contributed by atoms with Crippen LogP contribution in [0.3, 0.4) is 0 Å². The Bertz CT molecular complexity index is 485. The van der Waals surface area contributed by atoms with Crippen LogP contribution >= 0.6 is 0 Å².